The lowest BCUT2D eigenvalue weighted by atomic mass is 10.00. The van der Waals surface area contributed by atoms with E-state index in [-0.39, 0.29) is 17.1 Å². The second-order valence-corrected chi connectivity index (χ2v) is 13.6. The Bertz CT molecular complexity index is 410. The van der Waals surface area contributed by atoms with E-state index in [1.807, 2.05) is 0 Å². The minimum Gasteiger partial charge on any atom is -0.415 e. The molecule has 1 heterocycles. The number of nitrogens with zero attached hydrogens (tertiary/aromatic N) is 1. The van der Waals surface area contributed by atoms with Crippen LogP contribution in [0.25, 0.3) is 0 Å². The molecule has 0 aromatic carbocycles. The highest BCUT2D eigenvalue weighted by atomic mass is 28.4. The van der Waals surface area contributed by atoms with Gasteiger partial charge in [0, 0.05) is 13.1 Å². The molecule has 1 saturated heterocycles. The van der Waals surface area contributed by atoms with Crippen molar-refractivity contribution in [2.45, 2.75) is 70.8 Å². The normalized spacial score (nSPS) is 18.4. The predicted molar refractivity (Wildman–Crippen MR) is 98.8 cm³/mol. The molecule has 0 aromatic rings. The summed E-state index contributed by atoms with van der Waals surface area (Å²) in [6.07, 6.45) is 0.456. The SMILES string of the molecule is CC(C)(O)CC(CO[Si](C)(C)C(C)(C)C)NC(=O)N1CCOCC1. The van der Waals surface area contributed by atoms with Crippen LogP contribution in [0.2, 0.25) is 18.1 Å². The number of carbonyl (C=O) groups is 1. The monoisotopic (exact) mass is 360 g/mol. The number of aliphatic hydroxyl groups is 1. The molecule has 0 radical (unpaired) electrons. The Kier molecular flexibility index (Phi) is 7.28. The Morgan fingerprint density at radius 1 is 1.25 bits per heavy atom. The Morgan fingerprint density at radius 2 is 1.79 bits per heavy atom. The van der Waals surface area contributed by atoms with Crippen LogP contribution < -0.4 is 5.32 Å². The van der Waals surface area contributed by atoms with Gasteiger partial charge in [-0.25, -0.2) is 4.79 Å². The third-order valence-corrected chi connectivity index (χ3v) is 9.32. The lowest BCUT2D eigenvalue weighted by Crippen LogP contribution is -2.53. The molecular weight excluding hydrogens is 324 g/mol. The van der Waals surface area contributed by atoms with Gasteiger partial charge in [0.25, 0.3) is 0 Å². The predicted octanol–water partition coefficient (Wildman–Crippen LogP) is 2.58. The number of amides is 2. The zero-order valence-electron chi connectivity index (χ0n) is 16.4. The van der Waals surface area contributed by atoms with E-state index in [0.29, 0.717) is 39.3 Å². The van der Waals surface area contributed by atoms with Gasteiger partial charge in [-0.3, -0.25) is 0 Å². The van der Waals surface area contributed by atoms with Crippen molar-refractivity contribution in [2.75, 3.05) is 32.9 Å². The molecule has 7 heteroatoms. The summed E-state index contributed by atoms with van der Waals surface area (Å²) in [5.41, 5.74) is -0.861. The Labute approximate surface area is 148 Å². The number of morpholine rings is 1. The van der Waals surface area contributed by atoms with Gasteiger partial charge < -0.3 is 24.5 Å². The number of nitrogens with one attached hydrogen (secondary N) is 1. The molecule has 0 aromatic heterocycles. The highest BCUT2D eigenvalue weighted by Gasteiger charge is 2.38. The standard InChI is InChI=1S/C17H36N2O4Si/c1-16(2,3)24(6,7)23-13-14(12-17(4,5)21)18-15(20)19-8-10-22-11-9-19/h14,21H,8-13H2,1-7H3,(H,18,20). The Morgan fingerprint density at radius 3 is 2.25 bits per heavy atom. The van der Waals surface area contributed by atoms with Gasteiger partial charge >= 0.3 is 6.03 Å². The van der Waals surface area contributed by atoms with E-state index in [2.05, 4.69) is 39.2 Å². The summed E-state index contributed by atoms with van der Waals surface area (Å²) < 4.78 is 11.5. The first-order valence-electron chi connectivity index (χ1n) is 8.81. The molecule has 0 saturated carbocycles. The topological polar surface area (TPSA) is 71.0 Å². The molecule has 2 amide bonds. The first-order valence-corrected chi connectivity index (χ1v) is 11.7. The third-order valence-electron chi connectivity index (χ3n) is 4.82. The largest absolute Gasteiger partial charge is 0.415 e. The molecule has 0 aliphatic carbocycles. The molecule has 0 bridgehead atoms. The molecule has 1 fully saturated rings. The van der Waals surface area contributed by atoms with E-state index < -0.39 is 13.9 Å². The van der Waals surface area contributed by atoms with Gasteiger partial charge in [-0.15, -0.1) is 0 Å². The minimum atomic E-state index is -1.90. The van der Waals surface area contributed by atoms with Crippen molar-refractivity contribution < 1.29 is 19.1 Å². The zero-order chi connectivity index (χ0) is 18.6. The molecule has 1 unspecified atom stereocenters. The van der Waals surface area contributed by atoms with Crippen molar-refractivity contribution in [2.24, 2.45) is 0 Å². The fourth-order valence-electron chi connectivity index (χ4n) is 2.31. The maximum atomic E-state index is 12.4. The maximum absolute atomic E-state index is 12.4. The van der Waals surface area contributed by atoms with Crippen LogP contribution in [-0.2, 0) is 9.16 Å². The average molecular weight is 361 g/mol. The van der Waals surface area contributed by atoms with Crippen LogP contribution in [0.4, 0.5) is 4.79 Å². The van der Waals surface area contributed by atoms with E-state index in [9.17, 15) is 9.90 Å². The molecule has 2 N–H and O–H groups in total. The van der Waals surface area contributed by atoms with Gasteiger partial charge in [0.15, 0.2) is 8.32 Å². The van der Waals surface area contributed by atoms with Gasteiger partial charge in [0.1, 0.15) is 0 Å². The lowest BCUT2D eigenvalue weighted by Gasteiger charge is -2.38. The number of hydrogen-bond acceptors (Lipinski definition) is 4. The van der Waals surface area contributed by atoms with Crippen molar-refractivity contribution in [3.63, 3.8) is 0 Å². The quantitative estimate of drug-likeness (QED) is 0.714. The first kappa shape index (κ1) is 21.4. The van der Waals surface area contributed by atoms with Crippen LogP contribution in [0.3, 0.4) is 0 Å². The highest BCUT2D eigenvalue weighted by molar-refractivity contribution is 6.74. The van der Waals surface area contributed by atoms with Crippen molar-refractivity contribution in [3.05, 3.63) is 0 Å². The number of hydrogen-bond donors (Lipinski definition) is 2. The number of ether oxygens (including phenoxy) is 1. The smallest absolute Gasteiger partial charge is 0.317 e. The van der Waals surface area contributed by atoms with Crippen LogP contribution in [0, 0.1) is 0 Å². The lowest BCUT2D eigenvalue weighted by molar-refractivity contribution is 0.0414. The van der Waals surface area contributed by atoms with Crippen molar-refractivity contribution in [1.82, 2.24) is 10.2 Å². The molecule has 0 spiro atoms. The maximum Gasteiger partial charge on any atom is 0.317 e. The summed E-state index contributed by atoms with van der Waals surface area (Å²) in [5.74, 6) is 0. The Hall–Kier alpha value is -0.633. The summed E-state index contributed by atoms with van der Waals surface area (Å²) in [6.45, 7) is 17.2. The number of carbonyl (C=O) groups excluding carboxylic acids is 1. The van der Waals surface area contributed by atoms with Crippen molar-refractivity contribution in [1.29, 1.82) is 0 Å². The van der Waals surface area contributed by atoms with Gasteiger partial charge in [0.05, 0.1) is 31.5 Å². The molecule has 1 rings (SSSR count). The highest BCUT2D eigenvalue weighted by Crippen LogP contribution is 2.36. The summed E-state index contributed by atoms with van der Waals surface area (Å²) in [5, 5.41) is 13.3. The van der Waals surface area contributed by atoms with Crippen LogP contribution in [0.15, 0.2) is 0 Å². The second kappa shape index (κ2) is 8.16. The van der Waals surface area contributed by atoms with E-state index in [0.717, 1.165) is 0 Å². The summed E-state index contributed by atoms with van der Waals surface area (Å²) in [4.78, 5) is 14.2. The van der Waals surface area contributed by atoms with Crippen molar-refractivity contribution >= 4 is 14.3 Å². The third kappa shape index (κ3) is 7.09. The molecule has 1 atom stereocenters. The van der Waals surface area contributed by atoms with E-state index in [1.54, 1.807) is 18.7 Å². The molecule has 6 nitrogen and oxygen atoms in total. The summed E-state index contributed by atoms with van der Waals surface area (Å²) in [7, 11) is -1.90. The zero-order valence-corrected chi connectivity index (χ0v) is 17.4. The van der Waals surface area contributed by atoms with Crippen LogP contribution in [0.5, 0.6) is 0 Å². The van der Waals surface area contributed by atoms with Crippen molar-refractivity contribution in [3.8, 4) is 0 Å². The van der Waals surface area contributed by atoms with Crippen LogP contribution >= 0.6 is 0 Å². The molecule has 1 aliphatic heterocycles. The first-order chi connectivity index (χ1) is 10.8. The van der Waals surface area contributed by atoms with E-state index >= 15 is 0 Å². The van der Waals surface area contributed by atoms with Gasteiger partial charge in [0.2, 0.25) is 0 Å². The van der Waals surface area contributed by atoms with Gasteiger partial charge in [-0.2, -0.15) is 0 Å². The van der Waals surface area contributed by atoms with Gasteiger partial charge in [-0.1, -0.05) is 20.8 Å². The fraction of sp³-hybridized carbons (Fsp3) is 0.941. The number of urea groups is 1. The van der Waals surface area contributed by atoms with Crippen LogP contribution in [0.1, 0.15) is 41.0 Å². The summed E-state index contributed by atoms with van der Waals surface area (Å²) >= 11 is 0. The molecule has 24 heavy (non-hydrogen) atoms. The van der Waals surface area contributed by atoms with Crippen LogP contribution in [-0.4, -0.2) is 68.9 Å². The fourth-order valence-corrected chi connectivity index (χ4v) is 3.36. The Balaban J connectivity index is 2.68. The van der Waals surface area contributed by atoms with E-state index in [1.165, 1.54) is 0 Å². The number of rotatable bonds is 6. The average Bonchev–Trinajstić information content (AvgIpc) is 2.43. The molecular formula is C17H36N2O4Si. The van der Waals surface area contributed by atoms with Gasteiger partial charge in [-0.05, 0) is 38.4 Å². The molecule has 142 valence electrons. The second-order valence-electron chi connectivity index (χ2n) is 8.83. The van der Waals surface area contributed by atoms with E-state index in [4.69, 9.17) is 9.16 Å². The molecule has 1 aliphatic rings. The minimum absolute atomic E-state index is 0.105. The summed E-state index contributed by atoms with van der Waals surface area (Å²) in [6, 6.07) is -0.319.